The van der Waals surface area contributed by atoms with Crippen LogP contribution >= 0.6 is 0 Å². The van der Waals surface area contributed by atoms with E-state index in [1.54, 1.807) is 18.4 Å². The highest BCUT2D eigenvalue weighted by molar-refractivity contribution is 6.07. The Morgan fingerprint density at radius 1 is 1.32 bits per heavy atom. The zero-order valence-electron chi connectivity index (χ0n) is 11.9. The molecule has 6 nitrogen and oxygen atoms in total. The van der Waals surface area contributed by atoms with Crippen molar-refractivity contribution in [3.05, 3.63) is 42.2 Å². The number of carbonyl (C=O) groups is 1. The Kier molecular flexibility index (Phi) is 2.82. The number of benzene rings is 1. The summed E-state index contributed by atoms with van der Waals surface area (Å²) in [5, 5.41) is 4.17. The molecule has 1 aromatic carbocycles. The Bertz CT molecular complexity index is 877. The normalized spacial score (nSPS) is 18.3. The van der Waals surface area contributed by atoms with Gasteiger partial charge in [0.2, 0.25) is 5.91 Å². The van der Waals surface area contributed by atoms with Crippen LogP contribution in [0.3, 0.4) is 0 Å². The largest absolute Gasteiger partial charge is 0.459 e. The number of oxazole rings is 1. The molecule has 2 aromatic heterocycles. The number of rotatable bonds is 2. The molecule has 1 aliphatic rings. The van der Waals surface area contributed by atoms with Crippen LogP contribution in [0.2, 0.25) is 0 Å². The lowest BCUT2D eigenvalue weighted by molar-refractivity contribution is -0.121. The number of nitrogens with zero attached hydrogens (tertiary/aromatic N) is 2. The lowest BCUT2D eigenvalue weighted by Gasteiger charge is -2.18. The summed E-state index contributed by atoms with van der Waals surface area (Å²) in [7, 11) is 0. The van der Waals surface area contributed by atoms with Crippen LogP contribution < -0.4 is 5.43 Å². The van der Waals surface area contributed by atoms with Gasteiger partial charge in [-0.2, -0.15) is 5.10 Å². The quantitative estimate of drug-likeness (QED) is 0.788. The van der Waals surface area contributed by atoms with E-state index in [-0.39, 0.29) is 11.8 Å². The molecule has 1 unspecified atom stereocenters. The number of fused-ring (bicyclic) bond motifs is 1. The smallest absolute Gasteiger partial charge is 0.263 e. The van der Waals surface area contributed by atoms with Gasteiger partial charge >= 0.3 is 0 Å². The van der Waals surface area contributed by atoms with Crippen LogP contribution in [0.4, 0.5) is 0 Å². The van der Waals surface area contributed by atoms with Gasteiger partial charge in [-0.3, -0.25) is 4.79 Å². The fraction of sp³-hybridized carbons (Fsp3) is 0.188. The minimum atomic E-state index is -0.0566. The highest BCUT2D eigenvalue weighted by atomic mass is 16.4. The number of furan rings is 1. The van der Waals surface area contributed by atoms with Crippen LogP contribution in [0.15, 0.2) is 50.5 Å². The molecule has 1 amide bonds. The maximum atomic E-state index is 11.3. The lowest BCUT2D eigenvalue weighted by Crippen LogP contribution is -2.31. The van der Waals surface area contributed by atoms with Crippen LogP contribution in [0.25, 0.3) is 22.8 Å². The molecule has 6 heteroatoms. The molecule has 0 radical (unpaired) electrons. The second-order valence-corrected chi connectivity index (χ2v) is 5.32. The van der Waals surface area contributed by atoms with Crippen LogP contribution in [-0.2, 0) is 4.79 Å². The molecule has 3 heterocycles. The van der Waals surface area contributed by atoms with E-state index in [4.69, 9.17) is 8.83 Å². The topological polar surface area (TPSA) is 80.6 Å². The van der Waals surface area contributed by atoms with Crippen molar-refractivity contribution < 1.29 is 13.6 Å². The van der Waals surface area contributed by atoms with Gasteiger partial charge in [0.15, 0.2) is 11.3 Å². The molecule has 1 N–H and O–H groups in total. The Morgan fingerprint density at radius 3 is 3.00 bits per heavy atom. The van der Waals surface area contributed by atoms with Crippen molar-refractivity contribution in [2.45, 2.75) is 13.3 Å². The zero-order valence-corrected chi connectivity index (χ0v) is 11.9. The Hall–Kier alpha value is -2.89. The van der Waals surface area contributed by atoms with Crippen molar-refractivity contribution in [2.24, 2.45) is 11.0 Å². The molecule has 3 aromatic rings. The minimum absolute atomic E-state index is 0.0566. The Balaban J connectivity index is 1.76. The number of carbonyl (C=O) groups excluding carboxylic acids is 1. The van der Waals surface area contributed by atoms with E-state index in [1.807, 2.05) is 25.1 Å². The third-order valence-electron chi connectivity index (χ3n) is 3.67. The lowest BCUT2D eigenvalue weighted by atomic mass is 9.94. The standard InChI is InChI=1S/C16H13N3O3/c1-9-7-14(20)18-19-15(9)10-4-5-12-11(8-10)17-16(22-12)13-3-2-6-21-13/h2-6,8-9H,7H2,1H3,(H,18,20). The summed E-state index contributed by atoms with van der Waals surface area (Å²) in [5.74, 6) is 1.05. The van der Waals surface area contributed by atoms with E-state index < -0.39 is 0 Å². The summed E-state index contributed by atoms with van der Waals surface area (Å²) in [4.78, 5) is 15.8. The highest BCUT2D eigenvalue weighted by Gasteiger charge is 2.22. The monoisotopic (exact) mass is 295 g/mol. The molecular weight excluding hydrogens is 282 g/mol. The molecule has 4 rings (SSSR count). The van der Waals surface area contributed by atoms with E-state index in [2.05, 4.69) is 15.5 Å². The van der Waals surface area contributed by atoms with Gasteiger partial charge in [-0.1, -0.05) is 6.92 Å². The van der Waals surface area contributed by atoms with Crippen molar-refractivity contribution in [1.82, 2.24) is 10.4 Å². The van der Waals surface area contributed by atoms with E-state index in [9.17, 15) is 4.79 Å². The fourth-order valence-corrected chi connectivity index (χ4v) is 2.59. The zero-order chi connectivity index (χ0) is 15.1. The molecule has 0 saturated carbocycles. The van der Waals surface area contributed by atoms with Crippen molar-refractivity contribution >= 4 is 22.7 Å². The van der Waals surface area contributed by atoms with Gasteiger partial charge in [-0.15, -0.1) is 0 Å². The first-order chi connectivity index (χ1) is 10.7. The van der Waals surface area contributed by atoms with Crippen LogP contribution in [0.1, 0.15) is 18.9 Å². The first-order valence-corrected chi connectivity index (χ1v) is 7.02. The Morgan fingerprint density at radius 2 is 2.23 bits per heavy atom. The van der Waals surface area contributed by atoms with Crippen molar-refractivity contribution in [3.8, 4) is 11.7 Å². The third-order valence-corrected chi connectivity index (χ3v) is 3.67. The summed E-state index contributed by atoms with van der Waals surface area (Å²) in [6, 6.07) is 9.28. The van der Waals surface area contributed by atoms with Gasteiger partial charge in [-0.05, 0) is 30.3 Å². The first-order valence-electron chi connectivity index (χ1n) is 7.02. The van der Waals surface area contributed by atoms with E-state index in [0.29, 0.717) is 23.7 Å². The molecule has 22 heavy (non-hydrogen) atoms. The number of nitrogens with one attached hydrogen (secondary N) is 1. The summed E-state index contributed by atoms with van der Waals surface area (Å²) in [5.41, 5.74) is 5.72. The minimum Gasteiger partial charge on any atom is -0.459 e. The molecule has 0 bridgehead atoms. The van der Waals surface area contributed by atoms with Gasteiger partial charge in [0.25, 0.3) is 5.89 Å². The number of hydrogen-bond donors (Lipinski definition) is 1. The molecule has 1 atom stereocenters. The van der Waals surface area contributed by atoms with Crippen LogP contribution in [0, 0.1) is 5.92 Å². The molecule has 1 aliphatic heterocycles. The van der Waals surface area contributed by atoms with E-state index in [1.165, 1.54) is 0 Å². The molecule has 0 aliphatic carbocycles. The summed E-state index contributed by atoms with van der Waals surface area (Å²) >= 11 is 0. The number of amides is 1. The van der Waals surface area contributed by atoms with Crippen LogP contribution in [-0.4, -0.2) is 16.6 Å². The second-order valence-electron chi connectivity index (χ2n) is 5.32. The molecule has 0 spiro atoms. The van der Waals surface area contributed by atoms with Gasteiger partial charge in [0.05, 0.1) is 12.0 Å². The van der Waals surface area contributed by atoms with Gasteiger partial charge in [0, 0.05) is 17.9 Å². The SMILES string of the molecule is CC1CC(=O)NN=C1c1ccc2oc(-c3ccco3)nc2c1. The molecule has 110 valence electrons. The first kappa shape index (κ1) is 12.8. The summed E-state index contributed by atoms with van der Waals surface area (Å²) in [6.07, 6.45) is 2.02. The van der Waals surface area contributed by atoms with Gasteiger partial charge in [0.1, 0.15) is 5.52 Å². The van der Waals surface area contributed by atoms with E-state index >= 15 is 0 Å². The second kappa shape index (κ2) is 4.84. The number of hydrogen-bond acceptors (Lipinski definition) is 5. The molecular formula is C16H13N3O3. The maximum absolute atomic E-state index is 11.3. The Labute approximate surface area is 125 Å². The van der Waals surface area contributed by atoms with Crippen molar-refractivity contribution in [1.29, 1.82) is 0 Å². The number of hydrazone groups is 1. The third kappa shape index (κ3) is 2.09. The average Bonchev–Trinajstić information content (AvgIpc) is 3.15. The molecule has 0 saturated heterocycles. The van der Waals surface area contributed by atoms with E-state index in [0.717, 1.165) is 16.8 Å². The van der Waals surface area contributed by atoms with Gasteiger partial charge < -0.3 is 8.83 Å². The van der Waals surface area contributed by atoms with Gasteiger partial charge in [-0.25, -0.2) is 10.4 Å². The number of aromatic nitrogens is 1. The predicted octanol–water partition coefficient (Wildman–Crippen LogP) is 2.95. The van der Waals surface area contributed by atoms with Crippen molar-refractivity contribution in [2.75, 3.05) is 0 Å². The maximum Gasteiger partial charge on any atom is 0.263 e. The average molecular weight is 295 g/mol. The molecule has 0 fully saturated rings. The fourth-order valence-electron chi connectivity index (χ4n) is 2.59. The predicted molar refractivity (Wildman–Crippen MR) is 80.2 cm³/mol. The highest BCUT2D eigenvalue weighted by Crippen LogP contribution is 2.26. The summed E-state index contributed by atoms with van der Waals surface area (Å²) in [6.45, 7) is 1.98. The van der Waals surface area contributed by atoms with Crippen LogP contribution in [0.5, 0.6) is 0 Å². The summed E-state index contributed by atoms with van der Waals surface area (Å²) < 4.78 is 11.0. The van der Waals surface area contributed by atoms with Crippen molar-refractivity contribution in [3.63, 3.8) is 0 Å².